The van der Waals surface area contributed by atoms with Crippen molar-refractivity contribution in [1.82, 2.24) is 14.5 Å². The molecule has 0 atom stereocenters. The van der Waals surface area contributed by atoms with Crippen LogP contribution in [0.4, 0.5) is 0 Å². The van der Waals surface area contributed by atoms with Gasteiger partial charge in [-0.25, -0.2) is 4.98 Å². The highest BCUT2D eigenvalue weighted by atomic mass is 16.3. The molecular weight excluding hydrogens is 490 g/mol. The molecular formula is C36H25N3O. The predicted molar refractivity (Wildman–Crippen MR) is 162 cm³/mol. The molecule has 8 rings (SSSR count). The van der Waals surface area contributed by atoms with E-state index in [9.17, 15) is 5.11 Å². The summed E-state index contributed by atoms with van der Waals surface area (Å²) < 4.78 is 2.11. The van der Waals surface area contributed by atoms with Crippen LogP contribution in [0.25, 0.3) is 61.3 Å². The van der Waals surface area contributed by atoms with Crippen LogP contribution in [0, 0.1) is 6.92 Å². The van der Waals surface area contributed by atoms with Crippen LogP contribution in [0.2, 0.25) is 0 Å². The molecule has 40 heavy (non-hydrogen) atoms. The van der Waals surface area contributed by atoms with E-state index in [1.54, 1.807) is 6.07 Å². The Bertz CT molecular complexity index is 2100. The number of phenolic OH excluding ortho intramolecular Hbond substituents is 1. The molecule has 1 aliphatic carbocycles. The highest BCUT2D eigenvalue weighted by molar-refractivity contribution is 6.18. The minimum atomic E-state index is 0.244. The zero-order valence-electron chi connectivity index (χ0n) is 22.0. The molecule has 3 heterocycles. The van der Waals surface area contributed by atoms with E-state index in [1.807, 2.05) is 43.5 Å². The SMILES string of the molecule is Cc1ccc(-c2cccc(-c3cccc(-n4c5ccc6c(c5c5cccc(O)c54)-c4ccccc4C6)n3)c2)nc1. The maximum Gasteiger partial charge on any atom is 0.140 e. The van der Waals surface area contributed by atoms with Crippen LogP contribution in [-0.4, -0.2) is 19.6 Å². The average molecular weight is 516 g/mol. The summed E-state index contributed by atoms with van der Waals surface area (Å²) in [6, 6.07) is 37.4. The molecule has 0 fully saturated rings. The quantitative estimate of drug-likeness (QED) is 0.257. The van der Waals surface area contributed by atoms with E-state index in [2.05, 4.69) is 82.3 Å². The van der Waals surface area contributed by atoms with Crippen molar-refractivity contribution in [2.45, 2.75) is 13.3 Å². The minimum Gasteiger partial charge on any atom is -0.506 e. The first-order valence-electron chi connectivity index (χ1n) is 13.5. The van der Waals surface area contributed by atoms with Crippen LogP contribution in [0.3, 0.4) is 0 Å². The maximum absolute atomic E-state index is 11.2. The van der Waals surface area contributed by atoms with E-state index in [0.29, 0.717) is 0 Å². The first kappa shape index (κ1) is 22.7. The lowest BCUT2D eigenvalue weighted by molar-refractivity contribution is 0.479. The fraction of sp³-hybridized carbons (Fsp3) is 0.0556. The van der Waals surface area contributed by atoms with Crippen molar-refractivity contribution in [2.75, 3.05) is 0 Å². The number of benzene rings is 4. The van der Waals surface area contributed by atoms with Crippen molar-refractivity contribution < 1.29 is 5.11 Å². The second kappa shape index (κ2) is 8.65. The lowest BCUT2D eigenvalue weighted by Gasteiger charge is -2.11. The van der Waals surface area contributed by atoms with Gasteiger partial charge in [0.25, 0.3) is 0 Å². The molecule has 0 spiro atoms. The highest BCUT2D eigenvalue weighted by Crippen LogP contribution is 2.47. The normalized spacial score (nSPS) is 12.1. The van der Waals surface area contributed by atoms with Gasteiger partial charge in [-0.3, -0.25) is 9.55 Å². The van der Waals surface area contributed by atoms with Gasteiger partial charge in [0.15, 0.2) is 0 Å². The third kappa shape index (κ3) is 3.39. The zero-order valence-corrected chi connectivity index (χ0v) is 22.0. The van der Waals surface area contributed by atoms with Crippen molar-refractivity contribution >= 4 is 21.8 Å². The molecule has 4 heteroatoms. The third-order valence-electron chi connectivity index (χ3n) is 8.01. The van der Waals surface area contributed by atoms with E-state index < -0.39 is 0 Å². The first-order chi connectivity index (χ1) is 19.7. The smallest absolute Gasteiger partial charge is 0.140 e. The highest BCUT2D eigenvalue weighted by Gasteiger charge is 2.25. The van der Waals surface area contributed by atoms with Crippen molar-refractivity contribution in [3.8, 4) is 45.2 Å². The van der Waals surface area contributed by atoms with Gasteiger partial charge in [-0.2, -0.15) is 0 Å². The number of aryl methyl sites for hydroxylation is 1. The number of fused-ring (bicyclic) bond motifs is 7. The Morgan fingerprint density at radius 1 is 0.725 bits per heavy atom. The van der Waals surface area contributed by atoms with Gasteiger partial charge in [0.1, 0.15) is 11.6 Å². The van der Waals surface area contributed by atoms with Crippen LogP contribution in [-0.2, 0) is 6.42 Å². The second-order valence-electron chi connectivity index (χ2n) is 10.5. The summed E-state index contributed by atoms with van der Waals surface area (Å²) in [4.78, 5) is 9.76. The summed E-state index contributed by atoms with van der Waals surface area (Å²) in [5, 5.41) is 13.4. The molecule has 0 saturated carbocycles. The summed E-state index contributed by atoms with van der Waals surface area (Å²) in [7, 11) is 0. The van der Waals surface area contributed by atoms with E-state index in [4.69, 9.17) is 4.98 Å². The van der Waals surface area contributed by atoms with Crippen molar-refractivity contribution in [2.24, 2.45) is 0 Å². The lowest BCUT2D eigenvalue weighted by Crippen LogP contribution is -1.99. The molecule has 1 aliphatic rings. The lowest BCUT2D eigenvalue weighted by atomic mass is 9.99. The fourth-order valence-electron chi connectivity index (χ4n) is 6.18. The number of hydrogen-bond acceptors (Lipinski definition) is 3. The molecule has 0 bridgehead atoms. The minimum absolute atomic E-state index is 0.244. The number of pyridine rings is 2. The molecule has 3 aromatic heterocycles. The molecule has 0 amide bonds. The largest absolute Gasteiger partial charge is 0.506 e. The Morgan fingerprint density at radius 2 is 1.55 bits per heavy atom. The molecule has 4 aromatic carbocycles. The Labute approximate surface area is 231 Å². The number of phenols is 1. The maximum atomic E-state index is 11.2. The van der Waals surface area contributed by atoms with Crippen molar-refractivity contribution in [3.63, 3.8) is 0 Å². The van der Waals surface area contributed by atoms with Gasteiger partial charge in [-0.15, -0.1) is 0 Å². The van der Waals surface area contributed by atoms with Crippen molar-refractivity contribution in [3.05, 3.63) is 132 Å². The van der Waals surface area contributed by atoms with Gasteiger partial charge in [0, 0.05) is 28.1 Å². The number of aromatic nitrogens is 3. The second-order valence-corrected chi connectivity index (χ2v) is 10.5. The summed E-state index contributed by atoms with van der Waals surface area (Å²) >= 11 is 0. The van der Waals surface area contributed by atoms with Gasteiger partial charge in [-0.05, 0) is 77.6 Å². The number of aromatic hydroxyl groups is 1. The summed E-state index contributed by atoms with van der Waals surface area (Å²) in [5.74, 6) is 1.01. The molecule has 190 valence electrons. The molecule has 0 aliphatic heterocycles. The average Bonchev–Trinajstić information content (AvgIpc) is 3.54. The first-order valence-corrected chi connectivity index (χ1v) is 13.5. The van der Waals surface area contributed by atoms with Crippen molar-refractivity contribution in [1.29, 1.82) is 0 Å². The van der Waals surface area contributed by atoms with Gasteiger partial charge >= 0.3 is 0 Å². The fourth-order valence-corrected chi connectivity index (χ4v) is 6.18. The molecule has 0 radical (unpaired) electrons. The molecule has 0 unspecified atom stereocenters. The van der Waals surface area contributed by atoms with Gasteiger partial charge < -0.3 is 5.11 Å². The van der Waals surface area contributed by atoms with Gasteiger partial charge in [-0.1, -0.05) is 72.8 Å². The summed E-state index contributed by atoms with van der Waals surface area (Å²) in [5.41, 5.74) is 12.0. The molecule has 1 N–H and O–H groups in total. The van der Waals surface area contributed by atoms with E-state index in [0.717, 1.165) is 62.1 Å². The zero-order chi connectivity index (χ0) is 26.8. The van der Waals surface area contributed by atoms with Crippen LogP contribution in [0.15, 0.2) is 115 Å². The number of rotatable bonds is 3. The topological polar surface area (TPSA) is 50.9 Å². The Morgan fingerprint density at radius 3 is 2.42 bits per heavy atom. The van der Waals surface area contributed by atoms with Crippen LogP contribution in [0.5, 0.6) is 5.75 Å². The molecule has 7 aromatic rings. The van der Waals surface area contributed by atoms with E-state index in [1.165, 1.54) is 22.3 Å². The van der Waals surface area contributed by atoms with E-state index in [-0.39, 0.29) is 5.75 Å². The Balaban J connectivity index is 1.34. The van der Waals surface area contributed by atoms with E-state index >= 15 is 0 Å². The summed E-state index contributed by atoms with van der Waals surface area (Å²) in [6.07, 6.45) is 2.82. The third-order valence-corrected chi connectivity index (χ3v) is 8.01. The standard InChI is InChI=1S/C36H25N3O/c1-22-15-17-29(37-21-22)24-8-4-9-25(20-24)30-12-6-14-33(38-30)39-31-18-16-26-19-23-7-2-3-10-27(23)34(26)35(31)28-11-5-13-32(40)36(28)39/h2-18,20-21,40H,19H2,1H3. The predicted octanol–water partition coefficient (Wildman–Crippen LogP) is 8.49. The van der Waals surface area contributed by atoms with Gasteiger partial charge in [0.05, 0.1) is 22.4 Å². The number of hydrogen-bond donors (Lipinski definition) is 1. The van der Waals surface area contributed by atoms with Crippen LogP contribution < -0.4 is 0 Å². The number of para-hydroxylation sites is 1. The van der Waals surface area contributed by atoms with Gasteiger partial charge in [0.2, 0.25) is 0 Å². The Hall–Kier alpha value is -5.22. The molecule has 0 saturated heterocycles. The molecule has 4 nitrogen and oxygen atoms in total. The van der Waals surface area contributed by atoms with Crippen LogP contribution >= 0.6 is 0 Å². The number of nitrogens with zero attached hydrogens (tertiary/aromatic N) is 3. The Kier molecular flexibility index (Phi) is 4.92. The summed E-state index contributed by atoms with van der Waals surface area (Å²) in [6.45, 7) is 2.04. The van der Waals surface area contributed by atoms with Crippen LogP contribution in [0.1, 0.15) is 16.7 Å². The monoisotopic (exact) mass is 515 g/mol.